The van der Waals surface area contributed by atoms with Crippen molar-refractivity contribution in [2.45, 2.75) is 61.8 Å². The van der Waals surface area contributed by atoms with E-state index in [-0.39, 0.29) is 27.8 Å². The van der Waals surface area contributed by atoms with Crippen LogP contribution in [-0.2, 0) is 21.1 Å². The van der Waals surface area contributed by atoms with Crippen LogP contribution in [0.5, 0.6) is 0 Å². The van der Waals surface area contributed by atoms with Crippen LogP contribution in [0.1, 0.15) is 53.6 Å². The first-order valence-electron chi connectivity index (χ1n) is 14.2. The fourth-order valence-electron chi connectivity index (χ4n) is 5.85. The van der Waals surface area contributed by atoms with E-state index in [1.54, 1.807) is 14.1 Å². The van der Waals surface area contributed by atoms with Gasteiger partial charge in [0.1, 0.15) is 0 Å². The Bertz CT molecular complexity index is 1300. The summed E-state index contributed by atoms with van der Waals surface area (Å²) in [5.74, 6) is 0. The topological polar surface area (TPSA) is 31.2 Å². The Morgan fingerprint density at radius 2 is 1.12 bits per heavy atom. The van der Waals surface area contributed by atoms with Crippen LogP contribution >= 0.6 is 0 Å². The second-order valence-electron chi connectivity index (χ2n) is 11.4. The molecule has 0 aliphatic carbocycles. The molecule has 0 N–H and O–H groups in total. The van der Waals surface area contributed by atoms with Crippen LogP contribution in [0.25, 0.3) is 0 Å². The van der Waals surface area contributed by atoms with E-state index in [1.807, 2.05) is 13.8 Å². The number of anilines is 1. The van der Waals surface area contributed by atoms with Crippen molar-refractivity contribution in [1.82, 2.24) is 4.90 Å². The number of hydrogen-bond donors (Lipinski definition) is 0. The molecule has 0 unspecified atom stereocenters. The molecule has 3 aromatic rings. The summed E-state index contributed by atoms with van der Waals surface area (Å²) in [6.45, 7) is 18.6. The molecule has 0 radical (unpaired) electrons. The Morgan fingerprint density at radius 3 is 1.46 bits per heavy atom. The van der Waals surface area contributed by atoms with E-state index in [9.17, 15) is 0 Å². The third-order valence-electron chi connectivity index (χ3n) is 7.76. The second-order valence-corrected chi connectivity index (χ2v) is 11.4. The zero-order valence-electron chi connectivity index (χ0n) is 26.9. The zero-order chi connectivity index (χ0) is 29.6. The van der Waals surface area contributed by atoms with Crippen molar-refractivity contribution in [2.75, 3.05) is 32.7 Å². The molecule has 218 valence electrons. The molecule has 0 bridgehead atoms. The van der Waals surface area contributed by atoms with Crippen LogP contribution in [0, 0.1) is 41.5 Å². The van der Waals surface area contributed by atoms with Crippen molar-refractivity contribution in [2.24, 2.45) is 9.98 Å². The molecule has 4 nitrogen and oxygen atoms in total. The van der Waals surface area contributed by atoms with E-state index in [0.717, 1.165) is 24.5 Å². The number of benzene rings is 3. The Morgan fingerprint density at radius 1 is 0.707 bits per heavy atom. The van der Waals surface area contributed by atoms with Crippen LogP contribution in [0.3, 0.4) is 0 Å². The average Bonchev–Trinajstić information content (AvgIpc) is 3.33. The monoisotopic (exact) mass is 729 g/mol. The van der Waals surface area contributed by atoms with Gasteiger partial charge in [0.15, 0.2) is 0 Å². The average molecular weight is 730 g/mol. The maximum atomic E-state index is 4.01. The van der Waals surface area contributed by atoms with Gasteiger partial charge in [-0.3, -0.25) is 9.98 Å². The summed E-state index contributed by atoms with van der Waals surface area (Å²) in [6, 6.07) is 18.5. The Kier molecular flexibility index (Phi) is 12.8. The molecule has 4 rings (SSSR count). The van der Waals surface area contributed by atoms with Gasteiger partial charge in [-0.15, -0.1) is 0 Å². The van der Waals surface area contributed by atoms with Gasteiger partial charge in [0.05, 0.1) is 6.67 Å². The van der Waals surface area contributed by atoms with Gasteiger partial charge in [-0.25, -0.2) is 0 Å². The normalized spacial score (nSPS) is 13.1. The van der Waals surface area contributed by atoms with Crippen LogP contribution in [-0.4, -0.2) is 50.8 Å². The maximum Gasteiger partial charge on any atom is 2.00 e. The minimum Gasteiger partial charge on any atom is -0.361 e. The Hall–Kier alpha value is -2.91. The molecule has 0 saturated carbocycles. The first-order valence-corrected chi connectivity index (χ1v) is 14.2. The number of aryl methyl sites for hydroxylation is 6. The molecule has 0 saturated heterocycles. The summed E-state index contributed by atoms with van der Waals surface area (Å²) < 4.78 is 0. The largest absolute Gasteiger partial charge is 2.00 e. The summed E-state index contributed by atoms with van der Waals surface area (Å²) >= 11 is 0. The first-order chi connectivity index (χ1) is 18.9. The molecule has 1 heterocycles. The molecule has 1 aliphatic heterocycles. The van der Waals surface area contributed by atoms with Gasteiger partial charge < -0.3 is 9.80 Å². The van der Waals surface area contributed by atoms with E-state index in [1.165, 1.54) is 55.5 Å². The first kappa shape index (κ1) is 34.3. The van der Waals surface area contributed by atoms with Gasteiger partial charge in [0.25, 0.3) is 0 Å². The Balaban J connectivity index is 0.000000511. The smallest absolute Gasteiger partial charge is 0.361 e. The van der Waals surface area contributed by atoms with E-state index in [2.05, 4.69) is 129 Å². The van der Waals surface area contributed by atoms with Crippen molar-refractivity contribution >= 4 is 40.2 Å². The van der Waals surface area contributed by atoms with Gasteiger partial charge in [-0.1, -0.05) is 86.2 Å². The number of aliphatic imine (C=N–C) groups is 2. The van der Waals surface area contributed by atoms with Crippen molar-refractivity contribution in [3.63, 3.8) is 0 Å². The second kappa shape index (κ2) is 15.4. The van der Waals surface area contributed by atoms with Gasteiger partial charge >= 0.3 is 21.1 Å². The predicted octanol–water partition coefficient (Wildman–Crippen LogP) is 5.79. The van der Waals surface area contributed by atoms with E-state index in [0.29, 0.717) is 0 Å². The molecule has 0 atom stereocenters. The molecule has 3 aromatic carbocycles. The molecular weight excluding hydrogens is 682 g/mol. The summed E-state index contributed by atoms with van der Waals surface area (Å²) in [4.78, 5) is 12.5. The summed E-state index contributed by atoms with van der Waals surface area (Å²) in [7, 11) is 5.71. The molecule has 41 heavy (non-hydrogen) atoms. The number of rotatable bonds is 6. The van der Waals surface area contributed by atoms with Gasteiger partial charge in [-0.2, -0.15) is 0 Å². The molecule has 1 aliphatic rings. The van der Waals surface area contributed by atoms with Crippen LogP contribution < -0.4 is 21.3 Å². The summed E-state index contributed by atoms with van der Waals surface area (Å²) in [6.07, 6.45) is 5.18. The van der Waals surface area contributed by atoms with Crippen molar-refractivity contribution in [3.8, 4) is 0 Å². The third-order valence-corrected chi connectivity index (χ3v) is 7.76. The quantitative estimate of drug-likeness (QED) is 0.238. The van der Waals surface area contributed by atoms with E-state index in [4.69, 9.17) is 0 Å². The van der Waals surface area contributed by atoms with Crippen molar-refractivity contribution < 1.29 is 21.1 Å². The molecule has 0 aromatic heterocycles. The summed E-state index contributed by atoms with van der Waals surface area (Å²) in [5.41, 5.74) is 15.9. The molecule has 0 fully saturated rings. The minimum atomic E-state index is 0. The minimum absolute atomic E-state index is 0. The maximum absolute atomic E-state index is 4.01. The summed E-state index contributed by atoms with van der Waals surface area (Å²) in [5, 5.41) is 0. The molecule has 6 heteroatoms. The number of hydrogen-bond acceptors (Lipinski definition) is 4. The van der Waals surface area contributed by atoms with Crippen LogP contribution in [0.4, 0.5) is 5.69 Å². The van der Waals surface area contributed by atoms with Gasteiger partial charge in [0, 0.05) is 57.1 Å². The zero-order valence-corrected chi connectivity index (χ0v) is 29.1. The molecule has 0 spiro atoms. The third kappa shape index (κ3) is 8.79. The Labute approximate surface area is 264 Å². The van der Waals surface area contributed by atoms with Gasteiger partial charge in [0.2, 0.25) is 6.71 Å². The predicted molar refractivity (Wildman–Crippen MR) is 179 cm³/mol. The van der Waals surface area contributed by atoms with E-state index >= 15 is 0 Å². The van der Waals surface area contributed by atoms with Crippen molar-refractivity contribution in [3.05, 3.63) is 94.3 Å². The fourth-order valence-corrected chi connectivity index (χ4v) is 5.85. The molecule has 0 amide bonds. The number of nitrogens with zero attached hydrogens (tertiary/aromatic N) is 4. The van der Waals surface area contributed by atoms with Crippen LogP contribution in [0.2, 0.25) is 0 Å². The van der Waals surface area contributed by atoms with Crippen molar-refractivity contribution in [1.29, 1.82) is 0 Å². The van der Waals surface area contributed by atoms with Crippen LogP contribution in [0.15, 0.2) is 70.9 Å². The fraction of sp³-hybridized carbons (Fsp3) is 0.371. The standard InChI is InChI=1S/C28H33BN2.C7H14N2.Pt/c1-19-14-21(3)27(22(4)15-19)29(28-23(5)16-20(2)17-24(28)6)25-8-10-26(11-9-25)31-13-12-30(7)18-31;1-6(8-3)5-7(2)9-4;/h8-17H,18H2,1-7H3;5H2,1-4H3;/q;;+2. The SMILES string of the molecule is CN=C(C)CC(C)=NC.Cc1cc(C)c(B(c2ccc(N3C=CN(C)C3)cc2)c2c(C)cc(C)cc2C)c(C)c1.[Pt+2]. The van der Waals surface area contributed by atoms with Gasteiger partial charge in [-0.05, 0) is 67.5 Å². The molecular formula is C35H47BN4Pt+2. The van der Waals surface area contributed by atoms with E-state index < -0.39 is 0 Å².